The molecule has 0 bridgehead atoms. The van der Waals surface area contributed by atoms with Crippen LogP contribution in [-0.4, -0.2) is 82.8 Å². The number of sulfonamides is 1. The van der Waals surface area contributed by atoms with Crippen LogP contribution in [0.4, 0.5) is 0 Å². The SMILES string of the molecule is Cc1c(O)ccc2c(OC3CC4C(=O)NC(C(=O)NS(=O)(=O)C5(C)CC5)C(C)C=CCCCCCC(N)C(=O)N4C3)cc(OC(C)C)nc12. The first-order chi connectivity index (χ1) is 23.1. The highest BCUT2D eigenvalue weighted by atomic mass is 32.2. The Labute approximate surface area is 288 Å². The number of nitrogens with two attached hydrogens (primary N) is 1. The Morgan fingerprint density at radius 1 is 1.20 bits per heavy atom. The van der Waals surface area contributed by atoms with E-state index >= 15 is 0 Å². The molecule has 3 amide bonds. The van der Waals surface area contributed by atoms with Gasteiger partial charge in [0.25, 0.3) is 5.91 Å². The van der Waals surface area contributed by atoms with Crippen LogP contribution >= 0.6 is 0 Å². The number of carbonyl (C=O) groups is 3. The van der Waals surface area contributed by atoms with E-state index < -0.39 is 62.6 Å². The summed E-state index contributed by atoms with van der Waals surface area (Å²) in [6.45, 7) is 8.84. The summed E-state index contributed by atoms with van der Waals surface area (Å²) < 4.78 is 39.5. The topological polar surface area (TPSA) is 190 Å². The van der Waals surface area contributed by atoms with Gasteiger partial charge < -0.3 is 30.5 Å². The summed E-state index contributed by atoms with van der Waals surface area (Å²) in [7, 11) is -3.96. The number of fused-ring (bicyclic) bond motifs is 2. The number of phenolic OH excluding ortho intramolecular Hbond substituents is 1. The van der Waals surface area contributed by atoms with Crippen LogP contribution in [0, 0.1) is 12.8 Å². The second-order valence-electron chi connectivity index (χ2n) is 14.2. The first-order valence-corrected chi connectivity index (χ1v) is 18.6. The Morgan fingerprint density at radius 2 is 1.94 bits per heavy atom. The second-order valence-corrected chi connectivity index (χ2v) is 16.3. The molecule has 3 heterocycles. The quantitative estimate of drug-likeness (QED) is 0.312. The zero-order valence-electron chi connectivity index (χ0n) is 28.9. The van der Waals surface area contributed by atoms with Crippen LogP contribution in [0.1, 0.15) is 84.6 Å². The number of aromatic nitrogens is 1. The molecule has 268 valence electrons. The van der Waals surface area contributed by atoms with Gasteiger partial charge in [0.2, 0.25) is 27.7 Å². The van der Waals surface area contributed by atoms with E-state index in [9.17, 15) is 27.9 Å². The second kappa shape index (κ2) is 14.5. The molecule has 0 spiro atoms. The molecular weight excluding hydrogens is 650 g/mol. The molecule has 13 nitrogen and oxygen atoms in total. The number of amides is 3. The van der Waals surface area contributed by atoms with Crippen LogP contribution in [-0.2, 0) is 24.4 Å². The average Bonchev–Trinajstić information content (AvgIpc) is 3.67. The van der Waals surface area contributed by atoms with Crippen molar-refractivity contribution in [3.05, 3.63) is 35.9 Å². The summed E-state index contributed by atoms with van der Waals surface area (Å²) in [5.41, 5.74) is 7.42. The lowest BCUT2D eigenvalue weighted by atomic mass is 9.99. The van der Waals surface area contributed by atoms with Crippen LogP contribution in [0.25, 0.3) is 10.9 Å². The number of nitrogens with zero attached hydrogens (tertiary/aromatic N) is 2. The number of hydrogen-bond donors (Lipinski definition) is 4. The number of ether oxygens (including phenoxy) is 2. The van der Waals surface area contributed by atoms with Crippen molar-refractivity contribution in [2.75, 3.05) is 6.54 Å². The first-order valence-electron chi connectivity index (χ1n) is 17.2. The van der Waals surface area contributed by atoms with Crippen LogP contribution in [0.15, 0.2) is 30.4 Å². The van der Waals surface area contributed by atoms with Crippen molar-refractivity contribution in [1.29, 1.82) is 0 Å². The minimum atomic E-state index is -3.96. The molecule has 1 aromatic heterocycles. The largest absolute Gasteiger partial charge is 0.508 e. The molecule has 2 aliphatic heterocycles. The minimum absolute atomic E-state index is 0.0466. The first kappa shape index (κ1) is 36.4. The summed E-state index contributed by atoms with van der Waals surface area (Å²) in [5.74, 6) is -1.62. The van der Waals surface area contributed by atoms with Crippen LogP contribution < -0.4 is 25.2 Å². The number of phenols is 1. The monoisotopic (exact) mass is 699 g/mol. The van der Waals surface area contributed by atoms with Gasteiger partial charge in [-0.15, -0.1) is 0 Å². The Kier molecular flexibility index (Phi) is 10.8. The number of allylic oxidation sites excluding steroid dienone is 1. The number of pyridine rings is 1. The fourth-order valence-corrected chi connectivity index (χ4v) is 7.61. The molecule has 5 rings (SSSR count). The van der Waals surface area contributed by atoms with Crippen molar-refractivity contribution < 1.29 is 37.4 Å². The van der Waals surface area contributed by atoms with Crippen LogP contribution in [0.5, 0.6) is 17.4 Å². The van der Waals surface area contributed by atoms with Crippen LogP contribution in [0.2, 0.25) is 0 Å². The number of nitrogens with one attached hydrogen (secondary N) is 2. The fourth-order valence-electron chi connectivity index (χ4n) is 6.33. The predicted molar refractivity (Wildman–Crippen MR) is 184 cm³/mol. The Balaban J connectivity index is 1.46. The van der Waals surface area contributed by atoms with Crippen molar-refractivity contribution in [3.63, 3.8) is 0 Å². The van der Waals surface area contributed by atoms with Gasteiger partial charge in [-0.3, -0.25) is 19.1 Å². The van der Waals surface area contributed by atoms with Crippen molar-refractivity contribution in [2.24, 2.45) is 11.7 Å². The number of aromatic hydroxyl groups is 1. The van der Waals surface area contributed by atoms with E-state index in [1.165, 1.54) is 4.90 Å². The average molecular weight is 700 g/mol. The van der Waals surface area contributed by atoms with E-state index in [0.717, 1.165) is 25.7 Å². The summed E-state index contributed by atoms with van der Waals surface area (Å²) in [5, 5.41) is 13.8. The molecule has 5 atom stereocenters. The van der Waals surface area contributed by atoms with Gasteiger partial charge in [0.05, 0.1) is 29.0 Å². The van der Waals surface area contributed by atoms with Crippen molar-refractivity contribution >= 4 is 38.6 Å². The third-order valence-electron chi connectivity index (χ3n) is 9.73. The Hall–Kier alpha value is -3.91. The van der Waals surface area contributed by atoms with Gasteiger partial charge in [-0.2, -0.15) is 0 Å². The zero-order valence-corrected chi connectivity index (χ0v) is 29.7. The van der Waals surface area contributed by atoms with E-state index in [2.05, 4.69) is 15.0 Å². The van der Waals surface area contributed by atoms with Gasteiger partial charge in [-0.1, -0.05) is 31.9 Å². The number of benzene rings is 1. The lowest BCUT2D eigenvalue weighted by molar-refractivity contribution is -0.140. The number of rotatable bonds is 7. The normalized spacial score (nSPS) is 26.4. The van der Waals surface area contributed by atoms with Gasteiger partial charge in [-0.25, -0.2) is 13.4 Å². The molecular formula is C35H49N5O8S. The van der Waals surface area contributed by atoms with Gasteiger partial charge >= 0.3 is 0 Å². The van der Waals surface area contributed by atoms with Gasteiger partial charge in [0, 0.05) is 29.4 Å². The lowest BCUT2D eigenvalue weighted by Gasteiger charge is -2.29. The van der Waals surface area contributed by atoms with E-state index in [4.69, 9.17) is 15.2 Å². The van der Waals surface area contributed by atoms with Crippen molar-refractivity contribution in [1.82, 2.24) is 19.9 Å². The molecule has 2 fully saturated rings. The van der Waals surface area contributed by atoms with E-state index in [-0.39, 0.29) is 24.8 Å². The maximum atomic E-state index is 14.1. The summed E-state index contributed by atoms with van der Waals surface area (Å²) in [4.78, 5) is 47.4. The summed E-state index contributed by atoms with van der Waals surface area (Å²) in [6.07, 6.45) is 7.49. The molecule has 49 heavy (non-hydrogen) atoms. The Morgan fingerprint density at radius 3 is 2.63 bits per heavy atom. The molecule has 0 radical (unpaired) electrons. The molecule has 14 heteroatoms. The third kappa shape index (κ3) is 8.12. The number of hydrogen-bond acceptors (Lipinski definition) is 10. The maximum absolute atomic E-state index is 14.1. The lowest BCUT2D eigenvalue weighted by Crippen LogP contribution is -2.57. The molecule has 1 aliphatic carbocycles. The predicted octanol–water partition coefficient (Wildman–Crippen LogP) is 3.35. The van der Waals surface area contributed by atoms with E-state index in [0.29, 0.717) is 47.4 Å². The zero-order chi connectivity index (χ0) is 35.7. The minimum Gasteiger partial charge on any atom is -0.508 e. The molecule has 5 unspecified atom stereocenters. The van der Waals surface area contributed by atoms with Crippen molar-refractivity contribution in [3.8, 4) is 17.4 Å². The molecule has 1 saturated heterocycles. The van der Waals surface area contributed by atoms with Gasteiger partial charge in [-0.05, 0) is 71.9 Å². The smallest absolute Gasteiger partial charge is 0.256 e. The van der Waals surface area contributed by atoms with E-state index in [1.54, 1.807) is 39.0 Å². The molecule has 3 aliphatic rings. The summed E-state index contributed by atoms with van der Waals surface area (Å²) in [6, 6.07) is 1.80. The maximum Gasteiger partial charge on any atom is 0.256 e. The van der Waals surface area contributed by atoms with Crippen LogP contribution in [0.3, 0.4) is 0 Å². The number of carbonyl (C=O) groups excluding carboxylic acids is 3. The summed E-state index contributed by atoms with van der Waals surface area (Å²) >= 11 is 0. The van der Waals surface area contributed by atoms with Crippen molar-refractivity contribution in [2.45, 2.75) is 121 Å². The molecule has 5 N–H and O–H groups in total. The standard InChI is InChI=1S/C35H49N5O8S/c1-20(2)47-29-18-28(24-13-14-27(41)22(4)31(24)37-29)48-23-17-26-32(42)38-30(33(43)39-49(45,46)35(5)15-16-35)21(3)11-9-7-6-8-10-12-25(36)34(44)40(26)19-23/h9,11,13-14,18,20-21,23,25-26,30,41H,6-8,10,12,15-17,19,36H2,1-5H3,(H,38,42)(H,39,43). The third-order valence-corrected chi connectivity index (χ3v) is 11.9. The van der Waals surface area contributed by atoms with Gasteiger partial charge in [0.15, 0.2) is 0 Å². The van der Waals surface area contributed by atoms with E-state index in [1.807, 2.05) is 26.0 Å². The highest BCUT2D eigenvalue weighted by molar-refractivity contribution is 7.91. The molecule has 1 saturated carbocycles. The highest BCUT2D eigenvalue weighted by Crippen LogP contribution is 2.42. The fraction of sp³-hybridized carbons (Fsp3) is 0.600. The highest BCUT2D eigenvalue weighted by Gasteiger charge is 2.51. The molecule has 1 aromatic carbocycles. The Bertz CT molecular complexity index is 1720. The number of aryl methyl sites for hydroxylation is 1. The van der Waals surface area contributed by atoms with Gasteiger partial charge in [0.1, 0.15) is 29.7 Å². The molecule has 2 aromatic rings.